The highest BCUT2D eigenvalue weighted by Crippen LogP contribution is 2.45. The van der Waals surface area contributed by atoms with Crippen LogP contribution in [0.1, 0.15) is 16.8 Å². The molecule has 20 heavy (non-hydrogen) atoms. The van der Waals surface area contributed by atoms with Gasteiger partial charge in [0.1, 0.15) is 6.10 Å². The van der Waals surface area contributed by atoms with E-state index >= 15 is 0 Å². The van der Waals surface area contributed by atoms with E-state index in [4.69, 9.17) is 9.68 Å². The molecule has 0 unspecified atom stereocenters. The Morgan fingerprint density at radius 1 is 1.40 bits per heavy atom. The number of aliphatic hydroxyl groups is 1. The lowest BCUT2D eigenvalue weighted by Crippen LogP contribution is -2.49. The van der Waals surface area contributed by atoms with Crippen LogP contribution in [0.4, 0.5) is 0 Å². The maximum absolute atomic E-state index is 12.5. The molecule has 1 saturated heterocycles. The highest BCUT2D eigenvalue weighted by molar-refractivity contribution is 5.95. The highest BCUT2D eigenvalue weighted by Gasteiger charge is 2.60. The Morgan fingerprint density at radius 3 is 2.95 bits per heavy atom. The Bertz CT molecular complexity index is 574. The summed E-state index contributed by atoms with van der Waals surface area (Å²) in [4.78, 5) is 23.5. The van der Waals surface area contributed by atoms with E-state index in [1.165, 1.54) is 5.06 Å². The number of hydroxylamine groups is 2. The zero-order chi connectivity index (χ0) is 13.7. The third kappa shape index (κ3) is 1.52. The normalized spacial score (nSPS) is 33.9. The van der Waals surface area contributed by atoms with Crippen molar-refractivity contribution in [1.29, 1.82) is 0 Å². The minimum atomic E-state index is -0.165. The van der Waals surface area contributed by atoms with Crippen LogP contribution in [0.5, 0.6) is 0 Å². The van der Waals surface area contributed by atoms with Crippen molar-refractivity contribution in [2.24, 2.45) is 11.1 Å². The van der Waals surface area contributed by atoms with E-state index in [9.17, 15) is 9.90 Å². The van der Waals surface area contributed by atoms with Gasteiger partial charge in [-0.05, 0) is 12.1 Å². The molecule has 2 bridgehead atoms. The summed E-state index contributed by atoms with van der Waals surface area (Å²) in [5.74, 6) is -0.202. The van der Waals surface area contributed by atoms with Gasteiger partial charge in [-0.1, -0.05) is 23.4 Å². The Labute approximate surface area is 115 Å². The smallest absolute Gasteiger partial charge is 0.277 e. The fourth-order valence-corrected chi connectivity index (χ4v) is 3.31. The van der Waals surface area contributed by atoms with Crippen molar-refractivity contribution in [3.63, 3.8) is 0 Å². The van der Waals surface area contributed by atoms with Gasteiger partial charge in [0.2, 0.25) is 0 Å². The molecular formula is C14H14N2O4. The average Bonchev–Trinajstić information content (AvgIpc) is 3.18. The van der Waals surface area contributed by atoms with Crippen molar-refractivity contribution in [2.45, 2.75) is 24.7 Å². The van der Waals surface area contributed by atoms with E-state index < -0.39 is 0 Å². The third-order valence-corrected chi connectivity index (χ3v) is 4.22. The van der Waals surface area contributed by atoms with E-state index in [0.717, 1.165) is 6.42 Å². The number of aliphatic hydroxyl groups excluding tert-OH is 1. The molecule has 4 atom stereocenters. The second kappa shape index (κ2) is 4.29. The van der Waals surface area contributed by atoms with Crippen LogP contribution in [0.3, 0.4) is 0 Å². The zero-order valence-corrected chi connectivity index (χ0v) is 10.7. The molecule has 2 heterocycles. The molecule has 4 rings (SSSR count). The predicted octanol–water partition coefficient (Wildman–Crippen LogP) is 0.578. The van der Waals surface area contributed by atoms with E-state index in [1.54, 1.807) is 12.1 Å². The van der Waals surface area contributed by atoms with Crippen LogP contribution in [0.2, 0.25) is 0 Å². The van der Waals surface area contributed by atoms with Gasteiger partial charge in [0.15, 0.2) is 6.10 Å². The molecule has 1 N–H and O–H groups in total. The summed E-state index contributed by atoms with van der Waals surface area (Å²) in [5, 5.41) is 14.7. The first kappa shape index (κ1) is 11.9. The molecule has 3 aliphatic rings. The minimum absolute atomic E-state index is 0.0496. The number of carbonyl (C=O) groups is 1. The van der Waals surface area contributed by atoms with E-state index in [0.29, 0.717) is 11.3 Å². The van der Waals surface area contributed by atoms with Crippen molar-refractivity contribution in [2.75, 3.05) is 6.61 Å². The Hall–Kier alpha value is -1.92. The van der Waals surface area contributed by atoms with Crippen LogP contribution in [-0.4, -0.2) is 46.6 Å². The number of hydrogen-bond acceptors (Lipinski definition) is 5. The van der Waals surface area contributed by atoms with Gasteiger partial charge >= 0.3 is 0 Å². The average molecular weight is 274 g/mol. The van der Waals surface area contributed by atoms with Gasteiger partial charge in [-0.25, -0.2) is 5.06 Å². The molecule has 1 aliphatic carbocycles. The molecule has 1 saturated carbocycles. The lowest BCUT2D eigenvalue weighted by Gasteiger charge is -2.32. The number of benzene rings is 1. The first-order valence-corrected chi connectivity index (χ1v) is 6.68. The fraction of sp³-hybridized carbons (Fsp3) is 0.429. The number of oxime groups is 1. The molecule has 104 valence electrons. The van der Waals surface area contributed by atoms with E-state index in [2.05, 4.69) is 5.16 Å². The number of amides is 1. The minimum Gasteiger partial charge on any atom is -0.390 e. The molecule has 2 fully saturated rings. The number of rotatable bonds is 2. The summed E-state index contributed by atoms with van der Waals surface area (Å²) in [6.45, 7) is -0.141. The van der Waals surface area contributed by atoms with Crippen LogP contribution in [-0.2, 0) is 9.68 Å². The fourth-order valence-electron chi connectivity index (χ4n) is 3.31. The SMILES string of the molecule is O=C(c1ccccc1)N1O[C@H]2C[C@@H]1[C@@H]1C(CO)=NO[C@@H]12. The van der Waals surface area contributed by atoms with Gasteiger partial charge in [-0.3, -0.25) is 9.63 Å². The maximum Gasteiger partial charge on any atom is 0.277 e. The molecule has 1 aromatic rings. The molecule has 6 nitrogen and oxygen atoms in total. The standard InChI is InChI=1S/C14H14N2O4/c17-7-9-12-10-6-11(13(12)19-15-9)20-16(10)14(18)8-4-2-1-3-5-8/h1-5,10-13,17H,6-7H2/t10-,11+,12+,13-/m1/s1. The monoisotopic (exact) mass is 274 g/mol. The number of fused-ring (bicyclic) bond motifs is 5. The molecule has 1 amide bonds. The molecule has 0 aromatic heterocycles. The predicted molar refractivity (Wildman–Crippen MR) is 68.8 cm³/mol. The first-order valence-electron chi connectivity index (χ1n) is 6.68. The summed E-state index contributed by atoms with van der Waals surface area (Å²) < 4.78 is 0. The quantitative estimate of drug-likeness (QED) is 0.856. The zero-order valence-electron chi connectivity index (χ0n) is 10.7. The Kier molecular flexibility index (Phi) is 2.55. The number of carbonyl (C=O) groups excluding carboxylic acids is 1. The second-order valence-electron chi connectivity index (χ2n) is 5.28. The Morgan fingerprint density at radius 2 is 2.20 bits per heavy atom. The van der Waals surface area contributed by atoms with E-state index in [-0.39, 0.29) is 36.7 Å². The molecule has 2 aliphatic heterocycles. The molecule has 0 radical (unpaired) electrons. The van der Waals surface area contributed by atoms with Crippen molar-refractivity contribution in [3.05, 3.63) is 35.9 Å². The Balaban J connectivity index is 1.61. The highest BCUT2D eigenvalue weighted by atomic mass is 16.7. The van der Waals surface area contributed by atoms with Crippen LogP contribution in [0.15, 0.2) is 35.5 Å². The topological polar surface area (TPSA) is 71.4 Å². The summed E-state index contributed by atoms with van der Waals surface area (Å²) >= 11 is 0. The molecule has 1 aromatic carbocycles. The second-order valence-corrected chi connectivity index (χ2v) is 5.28. The first-order chi connectivity index (χ1) is 9.79. The van der Waals surface area contributed by atoms with Gasteiger partial charge in [0.05, 0.1) is 24.3 Å². The van der Waals surface area contributed by atoms with Gasteiger partial charge in [0.25, 0.3) is 5.91 Å². The van der Waals surface area contributed by atoms with Crippen molar-refractivity contribution >= 4 is 11.6 Å². The number of hydrogen-bond donors (Lipinski definition) is 1. The maximum atomic E-state index is 12.5. The summed E-state index contributed by atoms with van der Waals surface area (Å²) in [6.07, 6.45) is 0.403. The van der Waals surface area contributed by atoms with Crippen LogP contribution >= 0.6 is 0 Å². The summed E-state index contributed by atoms with van der Waals surface area (Å²) in [5.41, 5.74) is 1.20. The van der Waals surface area contributed by atoms with Crippen molar-refractivity contribution < 1.29 is 19.6 Å². The van der Waals surface area contributed by atoms with Crippen molar-refractivity contribution in [3.8, 4) is 0 Å². The molecular weight excluding hydrogens is 260 g/mol. The third-order valence-electron chi connectivity index (χ3n) is 4.22. The van der Waals surface area contributed by atoms with Gasteiger partial charge in [-0.15, -0.1) is 0 Å². The lowest BCUT2D eigenvalue weighted by molar-refractivity contribution is -0.196. The van der Waals surface area contributed by atoms with Gasteiger partial charge < -0.3 is 9.94 Å². The summed E-state index contributed by atoms with van der Waals surface area (Å²) in [7, 11) is 0. The number of nitrogens with zero attached hydrogens (tertiary/aromatic N) is 2. The largest absolute Gasteiger partial charge is 0.390 e. The van der Waals surface area contributed by atoms with Gasteiger partial charge in [0, 0.05) is 12.0 Å². The molecule has 0 spiro atoms. The van der Waals surface area contributed by atoms with E-state index in [1.807, 2.05) is 18.2 Å². The summed E-state index contributed by atoms with van der Waals surface area (Å²) in [6, 6.07) is 8.94. The molecule has 6 heteroatoms. The van der Waals surface area contributed by atoms with Crippen LogP contribution < -0.4 is 0 Å². The van der Waals surface area contributed by atoms with Gasteiger partial charge in [-0.2, -0.15) is 0 Å². The van der Waals surface area contributed by atoms with Crippen molar-refractivity contribution in [1.82, 2.24) is 5.06 Å². The lowest BCUT2D eigenvalue weighted by atomic mass is 9.95. The van der Waals surface area contributed by atoms with Crippen LogP contribution in [0.25, 0.3) is 0 Å². The van der Waals surface area contributed by atoms with Crippen LogP contribution in [0, 0.1) is 5.92 Å².